The topological polar surface area (TPSA) is 164 Å². The van der Waals surface area contributed by atoms with Crippen molar-refractivity contribution in [2.45, 2.75) is 13.5 Å². The Morgan fingerprint density at radius 2 is 1.55 bits per heavy atom. The quantitative estimate of drug-likeness (QED) is 0.454. The number of aromatic nitrogens is 1. The number of nitro benzene ring substituents is 3. The molecule has 0 fully saturated rings. The van der Waals surface area contributed by atoms with Gasteiger partial charge in [-0.25, -0.2) is 0 Å². The number of fused-ring (bicyclic) bond motifs is 1. The van der Waals surface area contributed by atoms with Crippen molar-refractivity contribution in [2.24, 2.45) is 4.99 Å². The fourth-order valence-electron chi connectivity index (χ4n) is 2.64. The summed E-state index contributed by atoms with van der Waals surface area (Å²) < 4.78 is 2.23. The van der Waals surface area contributed by atoms with Crippen LogP contribution in [0.15, 0.2) is 41.4 Å². The van der Waals surface area contributed by atoms with E-state index in [1.165, 1.54) is 18.2 Å². The maximum Gasteiger partial charge on any atom is 0.280 e. The second kappa shape index (κ2) is 7.55. The van der Waals surface area contributed by atoms with Crippen molar-refractivity contribution in [3.8, 4) is 0 Å². The summed E-state index contributed by atoms with van der Waals surface area (Å²) in [6.45, 7) is 2.11. The van der Waals surface area contributed by atoms with E-state index in [0.29, 0.717) is 16.8 Å². The first-order chi connectivity index (χ1) is 13.7. The van der Waals surface area contributed by atoms with E-state index < -0.39 is 32.1 Å². The number of carbonyl (C=O) groups is 1. The molecule has 3 rings (SSSR count). The minimum atomic E-state index is -0.903. The van der Waals surface area contributed by atoms with Crippen LogP contribution >= 0.6 is 11.3 Å². The van der Waals surface area contributed by atoms with E-state index in [1.54, 1.807) is 11.5 Å². The smallest absolute Gasteiger partial charge is 0.280 e. The predicted molar refractivity (Wildman–Crippen MR) is 102 cm³/mol. The molecule has 29 heavy (non-hydrogen) atoms. The van der Waals surface area contributed by atoms with Crippen molar-refractivity contribution in [3.63, 3.8) is 0 Å². The van der Waals surface area contributed by atoms with Gasteiger partial charge in [-0.1, -0.05) is 11.3 Å². The van der Waals surface area contributed by atoms with Crippen LogP contribution in [0.2, 0.25) is 0 Å². The number of rotatable bonds is 5. The molecule has 1 amide bonds. The van der Waals surface area contributed by atoms with Crippen molar-refractivity contribution in [2.75, 3.05) is 0 Å². The highest BCUT2D eigenvalue weighted by Gasteiger charge is 2.20. The van der Waals surface area contributed by atoms with Gasteiger partial charge in [0.25, 0.3) is 23.0 Å². The van der Waals surface area contributed by atoms with E-state index >= 15 is 0 Å². The van der Waals surface area contributed by atoms with Gasteiger partial charge < -0.3 is 4.57 Å². The van der Waals surface area contributed by atoms with Crippen molar-refractivity contribution in [3.05, 3.63) is 77.1 Å². The summed E-state index contributed by atoms with van der Waals surface area (Å²) >= 11 is 1.10. The molecule has 148 valence electrons. The molecule has 13 heteroatoms. The summed E-state index contributed by atoms with van der Waals surface area (Å²) in [7, 11) is 0. The Kier molecular flexibility index (Phi) is 5.14. The molecule has 0 aliphatic rings. The second-order valence-electron chi connectivity index (χ2n) is 5.71. The summed E-state index contributed by atoms with van der Waals surface area (Å²) in [4.78, 5) is 47.5. The van der Waals surface area contributed by atoms with Crippen LogP contribution in [0.5, 0.6) is 0 Å². The molecule has 0 aliphatic heterocycles. The van der Waals surface area contributed by atoms with Crippen LogP contribution in [0.4, 0.5) is 17.1 Å². The van der Waals surface area contributed by atoms with Gasteiger partial charge in [0.1, 0.15) is 0 Å². The maximum atomic E-state index is 12.6. The molecule has 0 spiro atoms. The standard InChI is InChI=1S/C16H11N5O7S/c1-2-18-13-8-10(19(23)24)3-4-14(13)29-16(18)17-15(22)9-5-11(20(25)26)7-12(6-9)21(27)28/h3-8H,2H2,1H3. The lowest BCUT2D eigenvalue weighted by atomic mass is 10.1. The molecule has 0 N–H and O–H groups in total. The van der Waals surface area contributed by atoms with Crippen molar-refractivity contribution < 1.29 is 19.6 Å². The number of nitrogens with zero attached hydrogens (tertiary/aromatic N) is 5. The molecular weight excluding hydrogens is 406 g/mol. The van der Waals surface area contributed by atoms with Crippen LogP contribution in [0.3, 0.4) is 0 Å². The van der Waals surface area contributed by atoms with Gasteiger partial charge >= 0.3 is 0 Å². The molecule has 0 unspecified atom stereocenters. The molecule has 3 aromatic rings. The third kappa shape index (κ3) is 3.84. The summed E-state index contributed by atoms with van der Waals surface area (Å²) in [6, 6.07) is 6.79. The molecule has 0 radical (unpaired) electrons. The van der Waals surface area contributed by atoms with Gasteiger partial charge in [0.2, 0.25) is 0 Å². The van der Waals surface area contributed by atoms with Gasteiger partial charge in [-0.3, -0.25) is 35.1 Å². The van der Waals surface area contributed by atoms with Crippen LogP contribution < -0.4 is 4.80 Å². The molecule has 12 nitrogen and oxygen atoms in total. The highest BCUT2D eigenvalue weighted by Crippen LogP contribution is 2.25. The lowest BCUT2D eigenvalue weighted by Gasteiger charge is -2.01. The Morgan fingerprint density at radius 3 is 2.07 bits per heavy atom. The van der Waals surface area contributed by atoms with E-state index in [9.17, 15) is 35.1 Å². The highest BCUT2D eigenvalue weighted by atomic mass is 32.1. The Morgan fingerprint density at radius 1 is 0.966 bits per heavy atom. The van der Waals surface area contributed by atoms with Crippen LogP contribution in [0, 0.1) is 30.3 Å². The minimum Gasteiger partial charge on any atom is -0.316 e. The maximum absolute atomic E-state index is 12.6. The lowest BCUT2D eigenvalue weighted by Crippen LogP contribution is -2.16. The zero-order valence-corrected chi connectivity index (χ0v) is 15.5. The van der Waals surface area contributed by atoms with Crippen LogP contribution in [-0.2, 0) is 6.54 Å². The Hall–Kier alpha value is -4.00. The first-order valence-corrected chi connectivity index (χ1v) is 8.83. The van der Waals surface area contributed by atoms with Crippen LogP contribution in [0.1, 0.15) is 17.3 Å². The van der Waals surface area contributed by atoms with Crippen LogP contribution in [0.25, 0.3) is 10.2 Å². The molecule has 0 bridgehead atoms. The number of carbonyl (C=O) groups excluding carboxylic acids is 1. The summed E-state index contributed by atoms with van der Waals surface area (Å²) in [5.41, 5.74) is -1.13. The van der Waals surface area contributed by atoms with Crippen LogP contribution in [-0.4, -0.2) is 25.2 Å². The van der Waals surface area contributed by atoms with E-state index in [4.69, 9.17) is 0 Å². The summed E-state index contributed by atoms with van der Waals surface area (Å²) in [5.74, 6) is -0.903. The molecule has 1 heterocycles. The molecule has 0 saturated carbocycles. The van der Waals surface area contributed by atoms with Gasteiger partial charge in [-0.2, -0.15) is 4.99 Å². The molecule has 0 atom stereocenters. The third-order valence-electron chi connectivity index (χ3n) is 3.96. The Bertz CT molecular complexity index is 1230. The lowest BCUT2D eigenvalue weighted by molar-refractivity contribution is -0.394. The minimum absolute atomic E-state index is 0.121. The fraction of sp³-hybridized carbons (Fsp3) is 0.125. The average Bonchev–Trinajstić information content (AvgIpc) is 3.03. The Balaban J connectivity index is 2.16. The zero-order valence-electron chi connectivity index (χ0n) is 14.7. The highest BCUT2D eigenvalue weighted by molar-refractivity contribution is 7.16. The predicted octanol–water partition coefficient (Wildman–Crippen LogP) is 3.19. The fourth-order valence-corrected chi connectivity index (χ4v) is 3.72. The van der Waals surface area contributed by atoms with Crippen molar-refractivity contribution >= 4 is 44.5 Å². The number of amides is 1. The SMILES string of the molecule is CCn1c(=NC(=O)c2cc([N+](=O)[O-])cc([N+](=O)[O-])c2)sc2ccc([N+](=O)[O-])cc21. The van der Waals surface area contributed by atoms with Gasteiger partial charge in [-0.05, 0) is 13.0 Å². The number of non-ortho nitro benzene ring substituents is 3. The Labute approximate surface area is 164 Å². The van der Waals surface area contributed by atoms with Gasteiger partial charge in [-0.15, -0.1) is 0 Å². The van der Waals surface area contributed by atoms with E-state index in [1.807, 2.05) is 0 Å². The summed E-state index contributed by atoms with van der Waals surface area (Å²) in [5, 5.41) is 33.0. The number of benzene rings is 2. The van der Waals surface area contributed by atoms with Gasteiger partial charge in [0.05, 0.1) is 36.6 Å². The van der Waals surface area contributed by atoms with E-state index in [2.05, 4.69) is 4.99 Å². The van der Waals surface area contributed by atoms with Crippen molar-refractivity contribution in [1.82, 2.24) is 4.57 Å². The average molecular weight is 417 g/mol. The largest absolute Gasteiger partial charge is 0.316 e. The number of aryl methyl sites for hydroxylation is 1. The number of thiazole rings is 1. The monoisotopic (exact) mass is 417 g/mol. The van der Waals surface area contributed by atoms with E-state index in [-0.39, 0.29) is 16.1 Å². The normalized spacial score (nSPS) is 11.6. The molecule has 1 aromatic heterocycles. The van der Waals surface area contributed by atoms with Crippen molar-refractivity contribution in [1.29, 1.82) is 0 Å². The first kappa shape index (κ1) is 19.8. The molecular formula is C16H11N5O7S. The first-order valence-electron chi connectivity index (χ1n) is 8.02. The number of hydrogen-bond acceptors (Lipinski definition) is 8. The molecule has 2 aromatic carbocycles. The number of nitro groups is 3. The zero-order chi connectivity index (χ0) is 21.3. The third-order valence-corrected chi connectivity index (χ3v) is 5.02. The molecule has 0 aliphatic carbocycles. The van der Waals surface area contributed by atoms with Gasteiger partial charge in [0, 0.05) is 30.8 Å². The second-order valence-corrected chi connectivity index (χ2v) is 6.72. The number of hydrogen-bond donors (Lipinski definition) is 0. The van der Waals surface area contributed by atoms with E-state index in [0.717, 1.165) is 29.5 Å². The summed E-state index contributed by atoms with van der Waals surface area (Å²) in [6.07, 6.45) is 0. The molecule has 0 saturated heterocycles. The van der Waals surface area contributed by atoms with Gasteiger partial charge in [0.15, 0.2) is 4.80 Å².